The average Bonchev–Trinajstić information content (AvgIpc) is 2.62. The van der Waals surface area contributed by atoms with Gasteiger partial charge in [0.1, 0.15) is 11.6 Å². The van der Waals surface area contributed by atoms with E-state index in [1.165, 1.54) is 6.07 Å². The van der Waals surface area contributed by atoms with Gasteiger partial charge in [-0.1, -0.05) is 24.3 Å². The Morgan fingerprint density at radius 3 is 2.48 bits per heavy atom. The number of carbonyl (C=O) groups is 1. The molecular weight excluding hydrogens is 293 g/mol. The summed E-state index contributed by atoms with van der Waals surface area (Å²) in [5.41, 5.74) is 0.605. The normalized spacial score (nSPS) is 14.8. The summed E-state index contributed by atoms with van der Waals surface area (Å²) in [4.78, 5) is 20.7. The van der Waals surface area contributed by atoms with Crippen LogP contribution in [0.25, 0.3) is 0 Å². The number of benzene rings is 1. The Kier molecular flexibility index (Phi) is 4.86. The zero-order valence-corrected chi connectivity index (χ0v) is 13.0. The highest BCUT2D eigenvalue weighted by Crippen LogP contribution is 2.14. The fourth-order valence-electron chi connectivity index (χ4n) is 2.83. The molecule has 2 heterocycles. The van der Waals surface area contributed by atoms with E-state index in [-0.39, 0.29) is 11.7 Å². The number of halogens is 1. The lowest BCUT2D eigenvalue weighted by Crippen LogP contribution is -2.49. The number of carbonyl (C=O) groups excluding carboxylic acids is 1. The smallest absolute Gasteiger partial charge is 0.223 e. The molecule has 1 aromatic carbocycles. The molecule has 3 rings (SSSR count). The van der Waals surface area contributed by atoms with Gasteiger partial charge in [0.2, 0.25) is 5.91 Å². The van der Waals surface area contributed by atoms with Crippen molar-refractivity contribution in [2.45, 2.75) is 12.8 Å². The van der Waals surface area contributed by atoms with E-state index in [0.717, 1.165) is 18.9 Å². The summed E-state index contributed by atoms with van der Waals surface area (Å²) in [5, 5.41) is 0. The van der Waals surface area contributed by atoms with E-state index in [2.05, 4.69) is 9.88 Å². The summed E-state index contributed by atoms with van der Waals surface area (Å²) in [6.07, 6.45) is 2.58. The molecule has 0 atom stereocenters. The number of piperazine rings is 1. The molecule has 1 saturated heterocycles. The highest BCUT2D eigenvalue weighted by Gasteiger charge is 2.21. The van der Waals surface area contributed by atoms with Gasteiger partial charge < -0.3 is 9.80 Å². The van der Waals surface area contributed by atoms with Gasteiger partial charge in [0.25, 0.3) is 0 Å². The maximum Gasteiger partial charge on any atom is 0.223 e. The molecule has 0 spiro atoms. The molecule has 5 heteroatoms. The van der Waals surface area contributed by atoms with E-state index in [4.69, 9.17) is 0 Å². The maximum absolute atomic E-state index is 13.6. The molecule has 1 aliphatic rings. The van der Waals surface area contributed by atoms with Gasteiger partial charge in [0.05, 0.1) is 0 Å². The Morgan fingerprint density at radius 2 is 1.78 bits per heavy atom. The quantitative estimate of drug-likeness (QED) is 0.870. The fraction of sp³-hybridized carbons (Fsp3) is 0.333. The van der Waals surface area contributed by atoms with Crippen LogP contribution in [0.2, 0.25) is 0 Å². The molecule has 0 unspecified atom stereocenters. The van der Waals surface area contributed by atoms with Gasteiger partial charge in [-0.2, -0.15) is 0 Å². The first kappa shape index (κ1) is 15.5. The van der Waals surface area contributed by atoms with E-state index in [9.17, 15) is 9.18 Å². The van der Waals surface area contributed by atoms with Crippen molar-refractivity contribution in [3.05, 3.63) is 60.0 Å². The minimum atomic E-state index is -0.236. The standard InChI is InChI=1S/C18H20FN3O/c19-16-6-2-1-5-15(16)8-9-18(23)22-13-11-21(12-14-22)17-7-3-4-10-20-17/h1-7,10H,8-9,11-14H2. The Morgan fingerprint density at radius 1 is 1.04 bits per heavy atom. The molecule has 23 heavy (non-hydrogen) atoms. The van der Waals surface area contributed by atoms with Crippen LogP contribution in [-0.2, 0) is 11.2 Å². The number of aryl methyl sites for hydroxylation is 1. The maximum atomic E-state index is 13.6. The summed E-state index contributed by atoms with van der Waals surface area (Å²) in [5.74, 6) is 0.806. The largest absolute Gasteiger partial charge is 0.353 e. The third-order valence-electron chi connectivity index (χ3n) is 4.17. The third-order valence-corrected chi connectivity index (χ3v) is 4.17. The van der Waals surface area contributed by atoms with E-state index in [0.29, 0.717) is 31.5 Å². The van der Waals surface area contributed by atoms with E-state index in [1.807, 2.05) is 23.1 Å². The van der Waals surface area contributed by atoms with Gasteiger partial charge in [-0.25, -0.2) is 9.37 Å². The second-order valence-electron chi connectivity index (χ2n) is 5.65. The SMILES string of the molecule is O=C(CCc1ccccc1F)N1CCN(c2ccccn2)CC1. The Hall–Kier alpha value is -2.43. The number of amides is 1. The second-order valence-corrected chi connectivity index (χ2v) is 5.65. The van der Waals surface area contributed by atoms with Crippen LogP contribution in [0.3, 0.4) is 0 Å². The summed E-state index contributed by atoms with van der Waals surface area (Å²) in [6.45, 7) is 2.93. The molecule has 1 fully saturated rings. The molecule has 0 saturated carbocycles. The molecule has 4 nitrogen and oxygen atoms in total. The van der Waals surface area contributed by atoms with E-state index < -0.39 is 0 Å². The molecule has 1 aliphatic heterocycles. The van der Waals surface area contributed by atoms with Gasteiger partial charge in [0.15, 0.2) is 0 Å². The van der Waals surface area contributed by atoms with Crippen molar-refractivity contribution in [3.63, 3.8) is 0 Å². The molecular formula is C18H20FN3O. The average molecular weight is 313 g/mol. The number of rotatable bonds is 4. The van der Waals surface area contributed by atoms with Crippen LogP contribution in [0.1, 0.15) is 12.0 Å². The lowest BCUT2D eigenvalue weighted by Gasteiger charge is -2.35. The Balaban J connectivity index is 1.50. The lowest BCUT2D eigenvalue weighted by molar-refractivity contribution is -0.131. The first-order chi connectivity index (χ1) is 11.2. The van der Waals surface area contributed by atoms with Gasteiger partial charge in [0, 0.05) is 38.8 Å². The van der Waals surface area contributed by atoms with E-state index in [1.54, 1.807) is 24.4 Å². The van der Waals surface area contributed by atoms with Crippen molar-refractivity contribution < 1.29 is 9.18 Å². The topological polar surface area (TPSA) is 36.4 Å². The van der Waals surface area contributed by atoms with Crippen LogP contribution in [0, 0.1) is 5.82 Å². The first-order valence-electron chi connectivity index (χ1n) is 7.91. The summed E-state index contributed by atoms with van der Waals surface area (Å²) in [6, 6.07) is 12.5. The minimum Gasteiger partial charge on any atom is -0.353 e. The minimum absolute atomic E-state index is 0.0916. The van der Waals surface area contributed by atoms with E-state index >= 15 is 0 Å². The van der Waals surface area contributed by atoms with Crippen LogP contribution >= 0.6 is 0 Å². The summed E-state index contributed by atoms with van der Waals surface area (Å²) >= 11 is 0. The highest BCUT2D eigenvalue weighted by molar-refractivity contribution is 5.76. The number of hydrogen-bond acceptors (Lipinski definition) is 3. The fourth-order valence-corrected chi connectivity index (χ4v) is 2.83. The monoisotopic (exact) mass is 313 g/mol. The van der Waals surface area contributed by atoms with Crippen molar-refractivity contribution >= 4 is 11.7 Å². The number of nitrogens with zero attached hydrogens (tertiary/aromatic N) is 3. The number of pyridine rings is 1. The molecule has 120 valence electrons. The zero-order valence-electron chi connectivity index (χ0n) is 13.0. The van der Waals surface area contributed by atoms with Crippen molar-refractivity contribution in [1.82, 2.24) is 9.88 Å². The van der Waals surface area contributed by atoms with Gasteiger partial charge in [-0.15, -0.1) is 0 Å². The van der Waals surface area contributed by atoms with Crippen LogP contribution in [0.4, 0.5) is 10.2 Å². The lowest BCUT2D eigenvalue weighted by atomic mass is 10.1. The predicted octanol–water partition coefficient (Wildman–Crippen LogP) is 2.50. The number of anilines is 1. The van der Waals surface area contributed by atoms with Crippen LogP contribution in [-0.4, -0.2) is 42.0 Å². The Labute approximate surface area is 135 Å². The molecule has 2 aromatic rings. The molecule has 0 aliphatic carbocycles. The first-order valence-corrected chi connectivity index (χ1v) is 7.91. The Bertz CT molecular complexity index is 654. The second kappa shape index (κ2) is 7.22. The van der Waals surface area contributed by atoms with Crippen LogP contribution in [0.15, 0.2) is 48.7 Å². The van der Waals surface area contributed by atoms with Gasteiger partial charge in [-0.3, -0.25) is 4.79 Å². The number of hydrogen-bond donors (Lipinski definition) is 0. The van der Waals surface area contributed by atoms with Crippen molar-refractivity contribution in [2.75, 3.05) is 31.1 Å². The van der Waals surface area contributed by atoms with Crippen molar-refractivity contribution in [3.8, 4) is 0 Å². The van der Waals surface area contributed by atoms with Gasteiger partial charge >= 0.3 is 0 Å². The van der Waals surface area contributed by atoms with Crippen molar-refractivity contribution in [2.24, 2.45) is 0 Å². The van der Waals surface area contributed by atoms with Crippen LogP contribution in [0.5, 0.6) is 0 Å². The molecule has 1 amide bonds. The number of aromatic nitrogens is 1. The van der Waals surface area contributed by atoms with Crippen molar-refractivity contribution in [1.29, 1.82) is 0 Å². The van der Waals surface area contributed by atoms with Gasteiger partial charge in [-0.05, 0) is 30.2 Å². The summed E-state index contributed by atoms with van der Waals surface area (Å²) < 4.78 is 13.6. The molecule has 0 bridgehead atoms. The molecule has 0 radical (unpaired) electrons. The van der Waals surface area contributed by atoms with Crippen LogP contribution < -0.4 is 4.90 Å². The molecule has 0 N–H and O–H groups in total. The zero-order chi connectivity index (χ0) is 16.1. The third kappa shape index (κ3) is 3.86. The molecule has 1 aromatic heterocycles. The summed E-state index contributed by atoms with van der Waals surface area (Å²) in [7, 11) is 0. The highest BCUT2D eigenvalue weighted by atomic mass is 19.1. The predicted molar refractivity (Wildman–Crippen MR) is 87.8 cm³/mol.